The third-order valence-corrected chi connectivity index (χ3v) is 5.52. The molecule has 1 aliphatic heterocycles. The summed E-state index contributed by atoms with van der Waals surface area (Å²) in [5.74, 6) is 0.693. The standard InChI is InChI=1S/C23H26N6O3/c30-21(11-15-29-16-12-22(31)25-23(29)32)24-18-7-5-17(6-8-18)19-9-10-20(27-26-19)28-13-3-1-2-4-14-28/h5-10,12,16H,1-4,11,13-15H2,(H,24,30)(H,25,31,32). The molecule has 2 aromatic heterocycles. The van der Waals surface area contributed by atoms with E-state index in [0.29, 0.717) is 5.69 Å². The van der Waals surface area contributed by atoms with Crippen molar-refractivity contribution in [2.24, 2.45) is 0 Å². The molecule has 1 saturated heterocycles. The van der Waals surface area contributed by atoms with Gasteiger partial charge in [0, 0.05) is 49.6 Å². The van der Waals surface area contributed by atoms with E-state index in [9.17, 15) is 14.4 Å². The normalized spacial score (nSPS) is 14.1. The summed E-state index contributed by atoms with van der Waals surface area (Å²) in [5, 5.41) is 11.6. The second-order valence-electron chi connectivity index (χ2n) is 7.86. The van der Waals surface area contributed by atoms with Crippen LogP contribution in [0.3, 0.4) is 0 Å². The summed E-state index contributed by atoms with van der Waals surface area (Å²) in [7, 11) is 0. The molecule has 0 saturated carbocycles. The molecular formula is C23H26N6O3. The fourth-order valence-corrected chi connectivity index (χ4v) is 3.74. The Morgan fingerprint density at radius 1 is 0.938 bits per heavy atom. The Hall–Kier alpha value is -3.75. The molecule has 3 aromatic rings. The van der Waals surface area contributed by atoms with Gasteiger partial charge in [-0.1, -0.05) is 25.0 Å². The molecule has 0 aliphatic carbocycles. The SMILES string of the molecule is O=C(CCn1ccc(=O)[nH]c1=O)Nc1ccc(-c2ccc(N3CCCCCC3)nn2)cc1. The van der Waals surface area contributed by atoms with Crippen molar-refractivity contribution in [2.45, 2.75) is 38.6 Å². The van der Waals surface area contributed by atoms with E-state index in [1.165, 1.54) is 42.5 Å². The maximum absolute atomic E-state index is 12.2. The van der Waals surface area contributed by atoms with Gasteiger partial charge in [0.25, 0.3) is 5.56 Å². The largest absolute Gasteiger partial charge is 0.355 e. The third kappa shape index (κ3) is 5.48. The lowest BCUT2D eigenvalue weighted by Gasteiger charge is -2.20. The molecule has 2 N–H and O–H groups in total. The zero-order valence-electron chi connectivity index (χ0n) is 17.8. The van der Waals surface area contributed by atoms with Gasteiger partial charge in [-0.3, -0.25) is 14.6 Å². The number of aryl methyl sites for hydroxylation is 1. The first kappa shape index (κ1) is 21.5. The Labute approximate surface area is 185 Å². The summed E-state index contributed by atoms with van der Waals surface area (Å²) in [4.78, 5) is 39.4. The van der Waals surface area contributed by atoms with E-state index < -0.39 is 11.2 Å². The summed E-state index contributed by atoms with van der Waals surface area (Å²) < 4.78 is 1.29. The second-order valence-corrected chi connectivity index (χ2v) is 7.86. The van der Waals surface area contributed by atoms with Crippen LogP contribution in [0.5, 0.6) is 0 Å². The van der Waals surface area contributed by atoms with Crippen LogP contribution < -0.4 is 21.5 Å². The average molecular weight is 435 g/mol. The van der Waals surface area contributed by atoms with Crippen LogP contribution in [0.25, 0.3) is 11.3 Å². The minimum atomic E-state index is -0.530. The topological polar surface area (TPSA) is 113 Å². The van der Waals surface area contributed by atoms with E-state index >= 15 is 0 Å². The number of hydrogen-bond acceptors (Lipinski definition) is 6. The van der Waals surface area contributed by atoms with Crippen molar-refractivity contribution in [3.05, 3.63) is 69.5 Å². The highest BCUT2D eigenvalue weighted by Gasteiger charge is 2.12. The number of aromatic nitrogens is 4. The van der Waals surface area contributed by atoms with Crippen LogP contribution in [0, 0.1) is 0 Å². The summed E-state index contributed by atoms with van der Waals surface area (Å²) in [6.07, 6.45) is 6.42. The molecule has 1 aliphatic rings. The molecule has 0 bridgehead atoms. The average Bonchev–Trinajstić information content (AvgIpc) is 3.09. The molecule has 1 aromatic carbocycles. The number of aromatic amines is 1. The van der Waals surface area contributed by atoms with Crippen LogP contribution in [-0.2, 0) is 11.3 Å². The molecule has 1 fully saturated rings. The van der Waals surface area contributed by atoms with Crippen LogP contribution >= 0.6 is 0 Å². The summed E-state index contributed by atoms with van der Waals surface area (Å²) in [6.45, 7) is 2.23. The summed E-state index contributed by atoms with van der Waals surface area (Å²) in [6, 6.07) is 12.6. The van der Waals surface area contributed by atoms with Crippen LogP contribution in [0.4, 0.5) is 11.5 Å². The Morgan fingerprint density at radius 2 is 1.69 bits per heavy atom. The first-order valence-electron chi connectivity index (χ1n) is 10.9. The number of hydrogen-bond donors (Lipinski definition) is 2. The van der Waals surface area contributed by atoms with Crippen LogP contribution in [0.1, 0.15) is 32.1 Å². The maximum Gasteiger partial charge on any atom is 0.328 e. The van der Waals surface area contributed by atoms with Gasteiger partial charge in [0.2, 0.25) is 5.91 Å². The van der Waals surface area contributed by atoms with Gasteiger partial charge in [-0.05, 0) is 37.1 Å². The highest BCUT2D eigenvalue weighted by molar-refractivity contribution is 5.90. The molecule has 32 heavy (non-hydrogen) atoms. The summed E-state index contributed by atoms with van der Waals surface area (Å²) in [5.41, 5.74) is 1.35. The van der Waals surface area contributed by atoms with Crippen molar-refractivity contribution in [3.8, 4) is 11.3 Å². The van der Waals surface area contributed by atoms with E-state index in [0.717, 1.165) is 30.2 Å². The van der Waals surface area contributed by atoms with Gasteiger partial charge >= 0.3 is 5.69 Å². The fraction of sp³-hybridized carbons (Fsp3) is 0.348. The minimum absolute atomic E-state index is 0.108. The molecule has 0 spiro atoms. The second kappa shape index (κ2) is 10.0. The van der Waals surface area contributed by atoms with Crippen LogP contribution in [-0.4, -0.2) is 38.7 Å². The monoisotopic (exact) mass is 434 g/mol. The van der Waals surface area contributed by atoms with E-state index in [2.05, 4.69) is 25.4 Å². The molecule has 0 unspecified atom stereocenters. The first-order valence-corrected chi connectivity index (χ1v) is 10.9. The quantitative estimate of drug-likeness (QED) is 0.616. The Kier molecular flexibility index (Phi) is 6.74. The van der Waals surface area contributed by atoms with Gasteiger partial charge in [0.15, 0.2) is 5.82 Å². The number of rotatable bonds is 6. The smallest absolute Gasteiger partial charge is 0.328 e. The van der Waals surface area contributed by atoms with Crippen molar-refractivity contribution in [3.63, 3.8) is 0 Å². The summed E-state index contributed by atoms with van der Waals surface area (Å²) >= 11 is 0. The molecule has 9 heteroatoms. The number of nitrogens with zero attached hydrogens (tertiary/aromatic N) is 4. The van der Waals surface area contributed by atoms with Gasteiger partial charge in [-0.2, -0.15) is 0 Å². The highest BCUT2D eigenvalue weighted by Crippen LogP contribution is 2.22. The lowest BCUT2D eigenvalue weighted by molar-refractivity contribution is -0.116. The van der Waals surface area contributed by atoms with Gasteiger partial charge in [-0.25, -0.2) is 4.79 Å². The Morgan fingerprint density at radius 3 is 2.34 bits per heavy atom. The van der Waals surface area contributed by atoms with E-state index in [1.807, 2.05) is 36.4 Å². The number of benzene rings is 1. The maximum atomic E-state index is 12.2. The number of amides is 1. The van der Waals surface area contributed by atoms with Crippen molar-refractivity contribution in [2.75, 3.05) is 23.3 Å². The molecule has 1 amide bonds. The highest BCUT2D eigenvalue weighted by atomic mass is 16.2. The number of carbonyl (C=O) groups excluding carboxylic acids is 1. The van der Waals surface area contributed by atoms with Crippen molar-refractivity contribution in [1.29, 1.82) is 0 Å². The van der Waals surface area contributed by atoms with Crippen molar-refractivity contribution < 1.29 is 4.79 Å². The van der Waals surface area contributed by atoms with E-state index in [-0.39, 0.29) is 18.9 Å². The van der Waals surface area contributed by atoms with Crippen molar-refractivity contribution >= 4 is 17.4 Å². The number of anilines is 2. The number of nitrogens with one attached hydrogen (secondary N) is 2. The van der Waals surface area contributed by atoms with Crippen LogP contribution in [0.15, 0.2) is 58.3 Å². The zero-order chi connectivity index (χ0) is 22.3. The minimum Gasteiger partial charge on any atom is -0.355 e. The zero-order valence-corrected chi connectivity index (χ0v) is 17.8. The molecule has 9 nitrogen and oxygen atoms in total. The molecule has 0 radical (unpaired) electrons. The number of carbonyl (C=O) groups is 1. The predicted octanol–water partition coefficient (Wildman–Crippen LogP) is 2.40. The lowest BCUT2D eigenvalue weighted by Crippen LogP contribution is -2.29. The molecule has 0 atom stereocenters. The molecule has 4 rings (SSSR count). The van der Waals surface area contributed by atoms with E-state index in [4.69, 9.17) is 0 Å². The van der Waals surface area contributed by atoms with Gasteiger partial charge in [0.1, 0.15) is 0 Å². The van der Waals surface area contributed by atoms with E-state index in [1.54, 1.807) is 0 Å². The Balaban J connectivity index is 1.33. The van der Waals surface area contributed by atoms with Crippen molar-refractivity contribution in [1.82, 2.24) is 19.7 Å². The number of H-pyrrole nitrogens is 1. The van der Waals surface area contributed by atoms with Crippen LogP contribution in [0.2, 0.25) is 0 Å². The molecular weight excluding hydrogens is 408 g/mol. The van der Waals surface area contributed by atoms with Gasteiger partial charge in [0.05, 0.1) is 5.69 Å². The first-order chi connectivity index (χ1) is 15.6. The van der Waals surface area contributed by atoms with Gasteiger partial charge in [-0.15, -0.1) is 10.2 Å². The third-order valence-electron chi connectivity index (χ3n) is 5.52. The lowest BCUT2D eigenvalue weighted by atomic mass is 10.1. The van der Waals surface area contributed by atoms with Gasteiger partial charge < -0.3 is 14.8 Å². The fourth-order valence-electron chi connectivity index (χ4n) is 3.74. The Bertz CT molecular complexity index is 1160. The molecule has 3 heterocycles. The predicted molar refractivity (Wildman–Crippen MR) is 123 cm³/mol. The molecule has 166 valence electrons.